The molecule has 2 amide bonds. The molecule has 0 aliphatic rings. The molecule has 1 atom stereocenters. The van der Waals surface area contributed by atoms with Gasteiger partial charge in [-0.3, -0.25) is 0 Å². The molecule has 7 heteroatoms. The van der Waals surface area contributed by atoms with Gasteiger partial charge in [-0.25, -0.2) is 13.2 Å². The Balaban J connectivity index is 1.90. The van der Waals surface area contributed by atoms with Crippen LogP contribution in [0.25, 0.3) is 0 Å². The fraction of sp³-hybridized carbons (Fsp3) is 0.381. The van der Waals surface area contributed by atoms with E-state index in [1.54, 1.807) is 24.3 Å². The summed E-state index contributed by atoms with van der Waals surface area (Å²) in [7, 11) is -3.47. The van der Waals surface area contributed by atoms with Gasteiger partial charge in [0, 0.05) is 19.6 Å². The molecular formula is C21H29N3O3S. The van der Waals surface area contributed by atoms with Gasteiger partial charge in [-0.15, -0.1) is 0 Å². The van der Waals surface area contributed by atoms with Gasteiger partial charge in [0.15, 0.2) is 0 Å². The van der Waals surface area contributed by atoms with E-state index in [9.17, 15) is 13.2 Å². The van der Waals surface area contributed by atoms with Crippen molar-refractivity contribution in [2.45, 2.75) is 38.1 Å². The Labute approximate surface area is 168 Å². The molecule has 28 heavy (non-hydrogen) atoms. The lowest BCUT2D eigenvalue weighted by atomic mass is 10.1. The molecule has 0 bridgehead atoms. The Morgan fingerprint density at radius 3 is 2.18 bits per heavy atom. The Bertz CT molecular complexity index is 848. The van der Waals surface area contributed by atoms with Crippen LogP contribution in [0.5, 0.6) is 0 Å². The van der Waals surface area contributed by atoms with E-state index in [2.05, 4.69) is 10.6 Å². The van der Waals surface area contributed by atoms with Crippen molar-refractivity contribution in [3.63, 3.8) is 0 Å². The quantitative estimate of drug-likeness (QED) is 0.674. The summed E-state index contributed by atoms with van der Waals surface area (Å²) in [6.45, 7) is 6.91. The third-order valence-electron chi connectivity index (χ3n) is 4.61. The number of nitrogens with zero attached hydrogens (tertiary/aromatic N) is 1. The molecule has 0 aliphatic carbocycles. The monoisotopic (exact) mass is 403 g/mol. The summed E-state index contributed by atoms with van der Waals surface area (Å²) in [4.78, 5) is 12.3. The number of hydrogen-bond donors (Lipinski definition) is 2. The second-order valence-electron chi connectivity index (χ2n) is 6.52. The van der Waals surface area contributed by atoms with Crippen LogP contribution in [0.15, 0.2) is 59.5 Å². The Kier molecular flexibility index (Phi) is 8.02. The highest BCUT2D eigenvalue weighted by Gasteiger charge is 2.21. The number of carbonyl (C=O) groups excluding carboxylic acids is 1. The SMILES string of the molecule is CCN(CC)S(=O)(=O)c1ccc(C(C)NC(=O)NCCc2ccccc2)cc1. The van der Waals surface area contributed by atoms with Crippen LogP contribution in [-0.4, -0.2) is 38.4 Å². The van der Waals surface area contributed by atoms with Crippen molar-refractivity contribution in [2.24, 2.45) is 0 Å². The van der Waals surface area contributed by atoms with E-state index in [0.717, 1.165) is 12.0 Å². The largest absolute Gasteiger partial charge is 0.338 e. The highest BCUT2D eigenvalue weighted by atomic mass is 32.2. The molecule has 2 aromatic rings. The highest BCUT2D eigenvalue weighted by Crippen LogP contribution is 2.19. The van der Waals surface area contributed by atoms with E-state index in [1.165, 1.54) is 9.87 Å². The van der Waals surface area contributed by atoms with Gasteiger partial charge < -0.3 is 10.6 Å². The van der Waals surface area contributed by atoms with E-state index in [0.29, 0.717) is 19.6 Å². The molecule has 0 radical (unpaired) electrons. The number of hydrogen-bond acceptors (Lipinski definition) is 3. The van der Waals surface area contributed by atoms with Crippen molar-refractivity contribution in [3.8, 4) is 0 Å². The first-order chi connectivity index (χ1) is 13.4. The van der Waals surface area contributed by atoms with Gasteiger partial charge >= 0.3 is 6.03 Å². The lowest BCUT2D eigenvalue weighted by Crippen LogP contribution is -2.38. The molecule has 0 saturated carbocycles. The summed E-state index contributed by atoms with van der Waals surface area (Å²) in [5.41, 5.74) is 2.01. The van der Waals surface area contributed by atoms with Crippen LogP contribution in [0.1, 0.15) is 37.9 Å². The molecule has 0 fully saturated rings. The number of nitrogens with one attached hydrogen (secondary N) is 2. The summed E-state index contributed by atoms with van der Waals surface area (Å²) in [6.07, 6.45) is 0.764. The van der Waals surface area contributed by atoms with E-state index < -0.39 is 10.0 Å². The van der Waals surface area contributed by atoms with Crippen molar-refractivity contribution in [1.82, 2.24) is 14.9 Å². The van der Waals surface area contributed by atoms with Crippen LogP contribution in [0.3, 0.4) is 0 Å². The summed E-state index contributed by atoms with van der Waals surface area (Å²) < 4.78 is 26.5. The number of rotatable bonds is 9. The summed E-state index contributed by atoms with van der Waals surface area (Å²) in [5, 5.41) is 5.72. The van der Waals surface area contributed by atoms with Crippen molar-refractivity contribution in [1.29, 1.82) is 0 Å². The minimum absolute atomic E-state index is 0.234. The molecule has 1 unspecified atom stereocenters. The maximum atomic E-state index is 12.5. The average Bonchev–Trinajstić information content (AvgIpc) is 2.69. The maximum Gasteiger partial charge on any atom is 0.315 e. The van der Waals surface area contributed by atoms with Gasteiger partial charge in [0.2, 0.25) is 10.0 Å². The third kappa shape index (κ3) is 5.81. The van der Waals surface area contributed by atoms with Crippen LogP contribution in [0.4, 0.5) is 4.79 Å². The van der Waals surface area contributed by atoms with Crippen LogP contribution >= 0.6 is 0 Å². The number of sulfonamides is 1. The lowest BCUT2D eigenvalue weighted by molar-refractivity contribution is 0.238. The zero-order valence-corrected chi connectivity index (χ0v) is 17.5. The Hall–Kier alpha value is -2.38. The first-order valence-corrected chi connectivity index (χ1v) is 11.0. The smallest absolute Gasteiger partial charge is 0.315 e. The molecule has 2 aromatic carbocycles. The van der Waals surface area contributed by atoms with E-state index in [-0.39, 0.29) is 17.0 Å². The summed E-state index contributed by atoms with van der Waals surface area (Å²) in [5.74, 6) is 0. The van der Waals surface area contributed by atoms with Crippen molar-refractivity contribution in [3.05, 3.63) is 65.7 Å². The van der Waals surface area contributed by atoms with Gasteiger partial charge in [0.05, 0.1) is 10.9 Å². The minimum atomic E-state index is -3.47. The first kappa shape index (κ1) is 21.9. The first-order valence-electron chi connectivity index (χ1n) is 9.56. The number of carbonyl (C=O) groups is 1. The molecule has 2 rings (SSSR count). The lowest BCUT2D eigenvalue weighted by Gasteiger charge is -2.19. The van der Waals surface area contributed by atoms with Crippen LogP contribution in [-0.2, 0) is 16.4 Å². The zero-order valence-electron chi connectivity index (χ0n) is 16.7. The fourth-order valence-electron chi connectivity index (χ4n) is 2.94. The zero-order chi connectivity index (χ0) is 20.6. The van der Waals surface area contributed by atoms with Gasteiger partial charge in [-0.2, -0.15) is 4.31 Å². The fourth-order valence-corrected chi connectivity index (χ4v) is 4.40. The second-order valence-corrected chi connectivity index (χ2v) is 8.45. The normalized spacial score (nSPS) is 12.6. The molecule has 0 heterocycles. The van der Waals surface area contributed by atoms with Crippen molar-refractivity contribution < 1.29 is 13.2 Å². The molecule has 152 valence electrons. The summed E-state index contributed by atoms with van der Waals surface area (Å²) >= 11 is 0. The minimum Gasteiger partial charge on any atom is -0.338 e. The number of urea groups is 1. The van der Waals surface area contributed by atoms with Crippen LogP contribution in [0.2, 0.25) is 0 Å². The summed E-state index contributed by atoms with van der Waals surface area (Å²) in [6, 6.07) is 16.1. The van der Waals surface area contributed by atoms with Crippen molar-refractivity contribution >= 4 is 16.1 Å². The average molecular weight is 404 g/mol. The standard InChI is InChI=1S/C21H29N3O3S/c1-4-24(5-2)28(26,27)20-13-11-19(12-14-20)17(3)23-21(25)22-16-15-18-9-7-6-8-10-18/h6-14,17H,4-5,15-16H2,1-3H3,(H2,22,23,25). The van der Waals surface area contributed by atoms with E-state index in [1.807, 2.05) is 51.1 Å². The molecule has 0 aliphatic heterocycles. The predicted molar refractivity (Wildman–Crippen MR) is 112 cm³/mol. The topological polar surface area (TPSA) is 78.5 Å². The Morgan fingerprint density at radius 2 is 1.61 bits per heavy atom. The number of benzene rings is 2. The number of amides is 2. The molecule has 2 N–H and O–H groups in total. The van der Waals surface area contributed by atoms with Gasteiger partial charge in [0.25, 0.3) is 0 Å². The van der Waals surface area contributed by atoms with Gasteiger partial charge in [0.1, 0.15) is 0 Å². The predicted octanol–water partition coefficient (Wildman–Crippen LogP) is 3.32. The van der Waals surface area contributed by atoms with Crippen molar-refractivity contribution in [2.75, 3.05) is 19.6 Å². The molecule has 0 spiro atoms. The maximum absolute atomic E-state index is 12.5. The molecule has 6 nitrogen and oxygen atoms in total. The van der Waals surface area contributed by atoms with E-state index in [4.69, 9.17) is 0 Å². The van der Waals surface area contributed by atoms with Gasteiger partial charge in [-0.05, 0) is 36.6 Å². The van der Waals surface area contributed by atoms with E-state index >= 15 is 0 Å². The van der Waals surface area contributed by atoms with Crippen LogP contribution in [0, 0.1) is 0 Å². The van der Waals surface area contributed by atoms with Gasteiger partial charge in [-0.1, -0.05) is 56.3 Å². The molecular weight excluding hydrogens is 374 g/mol. The van der Waals surface area contributed by atoms with Crippen LogP contribution < -0.4 is 10.6 Å². The third-order valence-corrected chi connectivity index (χ3v) is 6.68. The molecule has 0 saturated heterocycles. The second kappa shape index (κ2) is 10.2. The molecule has 0 aromatic heterocycles. The Morgan fingerprint density at radius 1 is 1.00 bits per heavy atom. The highest BCUT2D eigenvalue weighted by molar-refractivity contribution is 7.89.